The Labute approximate surface area is 170 Å². The zero-order valence-electron chi connectivity index (χ0n) is 16.7. The molecule has 1 aliphatic heterocycles. The smallest absolute Gasteiger partial charge is 0.347 e. The lowest BCUT2D eigenvalue weighted by Gasteiger charge is -2.16. The molecule has 0 spiro atoms. The Hall–Kier alpha value is -2.87. The van der Waals surface area contributed by atoms with E-state index in [1.165, 1.54) is 12.1 Å². The summed E-state index contributed by atoms with van der Waals surface area (Å²) < 4.78 is 38.6. The van der Waals surface area contributed by atoms with Gasteiger partial charge in [0.15, 0.2) is 0 Å². The van der Waals surface area contributed by atoms with E-state index in [1.807, 2.05) is 19.1 Å². The molecule has 1 heterocycles. The van der Waals surface area contributed by atoms with Crippen LogP contribution in [0.1, 0.15) is 39.0 Å². The van der Waals surface area contributed by atoms with Gasteiger partial charge in [-0.1, -0.05) is 23.8 Å². The van der Waals surface area contributed by atoms with E-state index >= 15 is 0 Å². The first kappa shape index (κ1) is 20.9. The van der Waals surface area contributed by atoms with E-state index in [-0.39, 0.29) is 22.8 Å². The number of esters is 2. The number of carbonyl (C=O) groups is 2. The van der Waals surface area contributed by atoms with Crippen molar-refractivity contribution in [2.75, 3.05) is 11.3 Å². The highest BCUT2D eigenvalue weighted by atomic mass is 32.2. The number of hydrogen-bond donors (Lipinski definition) is 1. The first-order chi connectivity index (χ1) is 13.6. The molecule has 0 saturated carbocycles. The third kappa shape index (κ3) is 4.42. The van der Waals surface area contributed by atoms with Crippen LogP contribution in [0.2, 0.25) is 0 Å². The number of aryl methyl sites for hydroxylation is 4. The molecule has 0 bridgehead atoms. The number of carbonyl (C=O) groups excluding carboxylic acids is 2. The largest absolute Gasteiger partial charge is 0.463 e. The van der Waals surface area contributed by atoms with Crippen molar-refractivity contribution >= 4 is 27.6 Å². The Morgan fingerprint density at radius 1 is 1.07 bits per heavy atom. The van der Waals surface area contributed by atoms with Gasteiger partial charge in [0.1, 0.15) is 0 Å². The minimum Gasteiger partial charge on any atom is -0.463 e. The summed E-state index contributed by atoms with van der Waals surface area (Å²) in [7, 11) is -3.86. The second-order valence-electron chi connectivity index (χ2n) is 7.21. The fourth-order valence-corrected chi connectivity index (χ4v) is 5.00. The highest BCUT2D eigenvalue weighted by Crippen LogP contribution is 2.27. The standard InChI is InChI=1S/C21H23NO6S/c1-12-9-14(3)19(15(4)10-12)29(25,26)22-17-11-16(6-5-13(17)2)20(23)28-18-7-8-27-21(18)24/h5-6,9-11,18,22H,7-8H2,1-4H3/t18-/m1/s1. The summed E-state index contributed by atoms with van der Waals surface area (Å²) >= 11 is 0. The topological polar surface area (TPSA) is 98.8 Å². The molecule has 0 unspecified atom stereocenters. The van der Waals surface area contributed by atoms with Crippen molar-refractivity contribution in [1.29, 1.82) is 0 Å². The van der Waals surface area contributed by atoms with Gasteiger partial charge in [0.2, 0.25) is 6.10 Å². The van der Waals surface area contributed by atoms with Gasteiger partial charge in [-0.3, -0.25) is 4.72 Å². The lowest BCUT2D eigenvalue weighted by Crippen LogP contribution is -2.23. The summed E-state index contributed by atoms with van der Waals surface area (Å²) in [6.07, 6.45) is -0.621. The summed E-state index contributed by atoms with van der Waals surface area (Å²) in [6.45, 7) is 7.34. The number of anilines is 1. The highest BCUT2D eigenvalue weighted by molar-refractivity contribution is 7.92. The van der Waals surface area contributed by atoms with Crippen LogP contribution in [-0.2, 0) is 24.3 Å². The third-order valence-electron chi connectivity index (χ3n) is 4.73. The van der Waals surface area contributed by atoms with Gasteiger partial charge < -0.3 is 9.47 Å². The fraction of sp³-hybridized carbons (Fsp3) is 0.333. The van der Waals surface area contributed by atoms with Gasteiger partial charge >= 0.3 is 11.9 Å². The number of cyclic esters (lactones) is 1. The molecule has 0 aromatic heterocycles. The quantitative estimate of drug-likeness (QED) is 0.750. The molecule has 1 fully saturated rings. The molecule has 154 valence electrons. The maximum Gasteiger partial charge on any atom is 0.347 e. The van der Waals surface area contributed by atoms with E-state index in [0.717, 1.165) is 5.56 Å². The van der Waals surface area contributed by atoms with Gasteiger partial charge in [-0.15, -0.1) is 0 Å². The van der Waals surface area contributed by atoms with Crippen molar-refractivity contribution in [3.8, 4) is 0 Å². The fourth-order valence-electron chi connectivity index (χ4n) is 3.43. The zero-order valence-corrected chi connectivity index (χ0v) is 17.6. The molecule has 0 aliphatic carbocycles. The maximum absolute atomic E-state index is 13.0. The van der Waals surface area contributed by atoms with Crippen molar-refractivity contribution in [2.45, 2.75) is 45.1 Å². The molecule has 3 rings (SSSR count). The number of ether oxygens (including phenoxy) is 2. The molecule has 7 nitrogen and oxygen atoms in total. The summed E-state index contributed by atoms with van der Waals surface area (Å²) in [6, 6.07) is 8.18. The summed E-state index contributed by atoms with van der Waals surface area (Å²) in [5.74, 6) is -1.28. The van der Waals surface area contributed by atoms with Gasteiger partial charge in [0, 0.05) is 6.42 Å². The number of benzene rings is 2. The van der Waals surface area contributed by atoms with E-state index in [1.54, 1.807) is 26.8 Å². The van der Waals surface area contributed by atoms with Gasteiger partial charge in [0.05, 0.1) is 22.8 Å². The SMILES string of the molecule is Cc1cc(C)c(S(=O)(=O)Nc2cc(C(=O)O[C@@H]3CCOC3=O)ccc2C)c(C)c1. The van der Waals surface area contributed by atoms with Crippen LogP contribution in [0.4, 0.5) is 5.69 Å². The minimum atomic E-state index is -3.86. The number of hydrogen-bond acceptors (Lipinski definition) is 6. The third-order valence-corrected chi connectivity index (χ3v) is 6.40. The average Bonchev–Trinajstić information content (AvgIpc) is 3.00. The molecule has 0 radical (unpaired) electrons. The number of rotatable bonds is 5. The molecule has 0 amide bonds. The maximum atomic E-state index is 13.0. The van der Waals surface area contributed by atoms with E-state index in [2.05, 4.69) is 4.72 Å². The summed E-state index contributed by atoms with van der Waals surface area (Å²) in [5, 5.41) is 0. The van der Waals surface area contributed by atoms with Gasteiger partial charge in [0.25, 0.3) is 10.0 Å². The molecule has 1 saturated heterocycles. The van der Waals surface area contributed by atoms with Crippen molar-refractivity contribution in [1.82, 2.24) is 0 Å². The van der Waals surface area contributed by atoms with Crippen LogP contribution < -0.4 is 4.72 Å². The predicted molar refractivity (Wildman–Crippen MR) is 107 cm³/mol. The van der Waals surface area contributed by atoms with E-state index in [0.29, 0.717) is 23.1 Å². The first-order valence-electron chi connectivity index (χ1n) is 9.17. The van der Waals surface area contributed by atoms with Gasteiger partial charge in [-0.2, -0.15) is 0 Å². The molecule has 1 N–H and O–H groups in total. The second-order valence-corrected chi connectivity index (χ2v) is 8.83. The van der Waals surface area contributed by atoms with Gasteiger partial charge in [-0.25, -0.2) is 18.0 Å². The number of sulfonamides is 1. The lowest BCUT2D eigenvalue weighted by molar-refractivity contribution is -0.145. The van der Waals surface area contributed by atoms with Crippen LogP contribution >= 0.6 is 0 Å². The van der Waals surface area contributed by atoms with Crippen molar-refractivity contribution < 1.29 is 27.5 Å². The van der Waals surface area contributed by atoms with Gasteiger partial charge in [-0.05, 0) is 56.5 Å². The van der Waals surface area contributed by atoms with Crippen LogP contribution in [0.25, 0.3) is 0 Å². The molecule has 1 atom stereocenters. The first-order valence-corrected chi connectivity index (χ1v) is 10.7. The van der Waals surface area contributed by atoms with E-state index in [9.17, 15) is 18.0 Å². The highest BCUT2D eigenvalue weighted by Gasteiger charge is 2.30. The Kier molecular flexibility index (Phi) is 5.66. The lowest BCUT2D eigenvalue weighted by atomic mass is 10.1. The Morgan fingerprint density at radius 2 is 1.72 bits per heavy atom. The molecular weight excluding hydrogens is 394 g/mol. The summed E-state index contributed by atoms with van der Waals surface area (Å²) in [5.41, 5.74) is 3.32. The van der Waals surface area contributed by atoms with Crippen molar-refractivity contribution in [3.63, 3.8) is 0 Å². The molecule has 8 heteroatoms. The Bertz CT molecular complexity index is 1070. The zero-order chi connectivity index (χ0) is 21.3. The molecular formula is C21H23NO6S. The Balaban J connectivity index is 1.89. The van der Waals surface area contributed by atoms with Crippen molar-refractivity contribution in [3.05, 3.63) is 58.1 Å². The summed E-state index contributed by atoms with van der Waals surface area (Å²) in [4.78, 5) is 24.1. The van der Waals surface area contributed by atoms with Crippen LogP contribution in [-0.4, -0.2) is 33.1 Å². The van der Waals surface area contributed by atoms with Crippen LogP contribution in [0.3, 0.4) is 0 Å². The molecule has 2 aromatic carbocycles. The Morgan fingerprint density at radius 3 is 2.31 bits per heavy atom. The van der Waals surface area contributed by atoms with E-state index in [4.69, 9.17) is 9.47 Å². The molecule has 1 aliphatic rings. The number of nitrogens with one attached hydrogen (secondary N) is 1. The van der Waals surface area contributed by atoms with Crippen LogP contribution in [0.5, 0.6) is 0 Å². The minimum absolute atomic E-state index is 0.144. The van der Waals surface area contributed by atoms with Crippen LogP contribution in [0, 0.1) is 27.7 Å². The van der Waals surface area contributed by atoms with E-state index < -0.39 is 28.1 Å². The monoisotopic (exact) mass is 417 g/mol. The molecule has 2 aromatic rings. The van der Waals surface area contributed by atoms with Crippen molar-refractivity contribution in [2.24, 2.45) is 0 Å². The second kappa shape index (κ2) is 7.87. The molecule has 29 heavy (non-hydrogen) atoms. The predicted octanol–water partition coefficient (Wildman–Crippen LogP) is 3.19. The normalized spacial score (nSPS) is 16.4. The van der Waals surface area contributed by atoms with Crippen LogP contribution in [0.15, 0.2) is 35.2 Å². The average molecular weight is 417 g/mol.